The Morgan fingerprint density at radius 2 is 1.43 bits per heavy atom. The number of carbonyl (C=O) groups is 1. The van der Waals surface area contributed by atoms with Crippen LogP contribution in [0.1, 0.15) is 41.0 Å². The summed E-state index contributed by atoms with van der Waals surface area (Å²) < 4.78 is 116. The molecular formula is C16H15F9N2O. The monoisotopic (exact) mass is 422 g/mol. The van der Waals surface area contributed by atoms with Crippen LogP contribution in [0.25, 0.3) is 0 Å². The third-order valence-corrected chi connectivity index (χ3v) is 4.59. The first-order valence-corrected chi connectivity index (χ1v) is 8.08. The van der Waals surface area contributed by atoms with Crippen LogP contribution < -0.4 is 5.32 Å². The number of aryl methyl sites for hydroxylation is 1. The highest BCUT2D eigenvalue weighted by Crippen LogP contribution is 2.45. The van der Waals surface area contributed by atoms with Crippen LogP contribution in [0.3, 0.4) is 0 Å². The molecule has 1 aliphatic rings. The number of halogens is 9. The zero-order chi connectivity index (χ0) is 21.5. The molecule has 2 rings (SSSR count). The molecule has 1 saturated carbocycles. The van der Waals surface area contributed by atoms with Gasteiger partial charge in [-0.1, -0.05) is 0 Å². The largest absolute Gasteiger partial charge is 0.433 e. The van der Waals surface area contributed by atoms with Crippen molar-refractivity contribution in [1.29, 1.82) is 0 Å². The number of nitrogens with zero attached hydrogens (tertiary/aromatic N) is 1. The lowest BCUT2D eigenvalue weighted by molar-refractivity contribution is -0.225. The normalized spacial score (nSPS) is 24.1. The van der Waals surface area contributed by atoms with Crippen molar-refractivity contribution in [2.75, 3.05) is 0 Å². The lowest BCUT2D eigenvalue weighted by atomic mass is 9.77. The summed E-state index contributed by atoms with van der Waals surface area (Å²) in [6.45, 7) is 1.09. The van der Waals surface area contributed by atoms with E-state index in [2.05, 4.69) is 10.3 Å². The fourth-order valence-corrected chi connectivity index (χ4v) is 3.19. The number of hydrogen-bond acceptors (Lipinski definition) is 2. The second-order valence-electron chi connectivity index (χ2n) is 6.68. The van der Waals surface area contributed by atoms with Crippen molar-refractivity contribution in [3.05, 3.63) is 29.1 Å². The molecule has 1 aliphatic carbocycles. The maximum absolute atomic E-state index is 13.0. The number of pyridine rings is 1. The fourth-order valence-electron chi connectivity index (χ4n) is 3.19. The molecule has 0 aliphatic heterocycles. The van der Waals surface area contributed by atoms with Crippen molar-refractivity contribution in [1.82, 2.24) is 10.3 Å². The van der Waals surface area contributed by atoms with Crippen LogP contribution in [0.5, 0.6) is 0 Å². The van der Waals surface area contributed by atoms with Crippen LogP contribution in [0.2, 0.25) is 0 Å². The summed E-state index contributed by atoms with van der Waals surface area (Å²) in [5.41, 5.74) is -1.97. The van der Waals surface area contributed by atoms with Crippen LogP contribution in [-0.4, -0.2) is 29.3 Å². The van der Waals surface area contributed by atoms with Gasteiger partial charge in [-0.3, -0.25) is 4.79 Å². The fraction of sp³-hybridized carbons (Fsp3) is 0.625. The minimum atomic E-state index is -4.86. The van der Waals surface area contributed by atoms with E-state index in [0.717, 1.165) is 13.0 Å². The van der Waals surface area contributed by atoms with Crippen molar-refractivity contribution in [3.8, 4) is 0 Å². The molecule has 0 spiro atoms. The summed E-state index contributed by atoms with van der Waals surface area (Å²) in [6, 6.07) is -0.132. The second-order valence-corrected chi connectivity index (χ2v) is 6.68. The predicted molar refractivity (Wildman–Crippen MR) is 78.2 cm³/mol. The quantitative estimate of drug-likeness (QED) is 0.678. The van der Waals surface area contributed by atoms with E-state index >= 15 is 0 Å². The first-order valence-electron chi connectivity index (χ1n) is 8.08. The predicted octanol–water partition coefficient (Wildman–Crippen LogP) is 5.05. The highest BCUT2D eigenvalue weighted by molar-refractivity contribution is 5.95. The van der Waals surface area contributed by atoms with Crippen molar-refractivity contribution in [2.24, 2.45) is 11.8 Å². The molecule has 1 fully saturated rings. The average Bonchev–Trinajstić information content (AvgIpc) is 2.51. The van der Waals surface area contributed by atoms with Gasteiger partial charge < -0.3 is 5.32 Å². The molecule has 0 saturated heterocycles. The van der Waals surface area contributed by atoms with Crippen molar-refractivity contribution in [2.45, 2.75) is 50.8 Å². The van der Waals surface area contributed by atoms with Gasteiger partial charge in [-0.15, -0.1) is 0 Å². The standard InChI is InChI=1S/C16H15F9N2O/c1-7-11(2-3-12(26-7)16(23,24)25)13(28)27-10-5-8(14(17,18)19)4-9(6-10)15(20,21)22/h2-3,8-10H,4-6H2,1H3,(H,27,28). The van der Waals surface area contributed by atoms with Crippen LogP contribution in [-0.2, 0) is 6.18 Å². The van der Waals surface area contributed by atoms with E-state index in [9.17, 15) is 44.3 Å². The summed E-state index contributed by atoms with van der Waals surface area (Å²) in [6.07, 6.45) is -17.1. The van der Waals surface area contributed by atoms with Crippen LogP contribution >= 0.6 is 0 Å². The molecule has 3 nitrogen and oxygen atoms in total. The highest BCUT2D eigenvalue weighted by atomic mass is 19.4. The molecule has 0 bridgehead atoms. The van der Waals surface area contributed by atoms with Crippen LogP contribution in [0.4, 0.5) is 39.5 Å². The highest BCUT2D eigenvalue weighted by Gasteiger charge is 2.52. The van der Waals surface area contributed by atoms with Gasteiger partial charge in [0.05, 0.1) is 23.1 Å². The van der Waals surface area contributed by atoms with Gasteiger partial charge in [0.1, 0.15) is 5.69 Å². The summed E-state index contributed by atoms with van der Waals surface area (Å²) in [5, 5.41) is 2.08. The summed E-state index contributed by atoms with van der Waals surface area (Å²) in [7, 11) is 0. The van der Waals surface area contributed by atoms with Crippen LogP contribution in [0, 0.1) is 18.8 Å². The molecule has 12 heteroatoms. The molecule has 1 aromatic rings. The smallest absolute Gasteiger partial charge is 0.349 e. The van der Waals surface area contributed by atoms with Crippen LogP contribution in [0.15, 0.2) is 12.1 Å². The number of amides is 1. The Labute approximate surface area is 153 Å². The Balaban J connectivity index is 2.20. The second kappa shape index (κ2) is 7.43. The third kappa shape index (κ3) is 5.28. The lowest BCUT2D eigenvalue weighted by Gasteiger charge is -2.37. The number of carbonyl (C=O) groups excluding carboxylic acids is 1. The van der Waals surface area contributed by atoms with E-state index in [1.54, 1.807) is 0 Å². The molecule has 1 N–H and O–H groups in total. The van der Waals surface area contributed by atoms with Gasteiger partial charge in [0, 0.05) is 6.04 Å². The molecule has 0 radical (unpaired) electrons. The van der Waals surface area contributed by atoms with Crippen molar-refractivity contribution in [3.63, 3.8) is 0 Å². The number of nitrogens with one attached hydrogen (secondary N) is 1. The van der Waals surface area contributed by atoms with E-state index in [1.807, 2.05) is 0 Å². The molecular weight excluding hydrogens is 407 g/mol. The topological polar surface area (TPSA) is 42.0 Å². The molecule has 28 heavy (non-hydrogen) atoms. The first kappa shape index (κ1) is 22.3. The van der Waals surface area contributed by atoms with Gasteiger partial charge in [-0.2, -0.15) is 39.5 Å². The average molecular weight is 422 g/mol. The Hall–Kier alpha value is -2.01. The van der Waals surface area contributed by atoms with Crippen molar-refractivity contribution < 1.29 is 44.3 Å². The van der Waals surface area contributed by atoms with E-state index in [-0.39, 0.29) is 11.3 Å². The lowest BCUT2D eigenvalue weighted by Crippen LogP contribution is -2.47. The Morgan fingerprint density at radius 3 is 1.82 bits per heavy atom. The number of aromatic nitrogens is 1. The molecule has 158 valence electrons. The minimum Gasteiger partial charge on any atom is -0.349 e. The van der Waals surface area contributed by atoms with E-state index in [0.29, 0.717) is 6.07 Å². The summed E-state index contributed by atoms with van der Waals surface area (Å²) in [4.78, 5) is 15.4. The Morgan fingerprint density at radius 1 is 0.929 bits per heavy atom. The summed E-state index contributed by atoms with van der Waals surface area (Å²) in [5.74, 6) is -5.57. The van der Waals surface area contributed by atoms with E-state index in [4.69, 9.17) is 0 Å². The van der Waals surface area contributed by atoms with Crippen molar-refractivity contribution >= 4 is 5.91 Å². The number of alkyl halides is 9. The molecule has 1 amide bonds. The zero-order valence-corrected chi connectivity index (χ0v) is 14.3. The minimum absolute atomic E-state index is 0.345. The third-order valence-electron chi connectivity index (χ3n) is 4.59. The van der Waals surface area contributed by atoms with Gasteiger partial charge in [0.25, 0.3) is 5.91 Å². The van der Waals surface area contributed by atoms with Gasteiger partial charge in [0.15, 0.2) is 0 Å². The number of rotatable bonds is 2. The molecule has 1 aromatic heterocycles. The molecule has 0 aromatic carbocycles. The van der Waals surface area contributed by atoms with E-state index < -0.39 is 67.3 Å². The Bertz CT molecular complexity index is 702. The SMILES string of the molecule is Cc1nc(C(F)(F)F)ccc1C(=O)NC1CC(C(F)(F)F)CC(C(F)(F)F)C1. The van der Waals surface area contributed by atoms with Gasteiger partial charge in [-0.05, 0) is 38.3 Å². The Kier molecular flexibility index (Phi) is 5.91. The molecule has 2 atom stereocenters. The van der Waals surface area contributed by atoms with Gasteiger partial charge in [-0.25, -0.2) is 4.98 Å². The molecule has 1 heterocycles. The van der Waals surface area contributed by atoms with Gasteiger partial charge in [0.2, 0.25) is 0 Å². The van der Waals surface area contributed by atoms with Gasteiger partial charge >= 0.3 is 18.5 Å². The molecule has 2 unspecified atom stereocenters. The maximum Gasteiger partial charge on any atom is 0.433 e. The maximum atomic E-state index is 13.0. The summed E-state index contributed by atoms with van der Waals surface area (Å²) >= 11 is 0. The zero-order valence-electron chi connectivity index (χ0n) is 14.3. The van der Waals surface area contributed by atoms with E-state index in [1.165, 1.54) is 0 Å². The first-order chi connectivity index (χ1) is 12.6. The number of hydrogen-bond donors (Lipinski definition) is 1.